The lowest BCUT2D eigenvalue weighted by Crippen LogP contribution is -2.41. The van der Waals surface area contributed by atoms with Crippen LogP contribution >= 0.6 is 0 Å². The third-order valence-corrected chi connectivity index (χ3v) is 3.57. The Morgan fingerprint density at radius 2 is 2.00 bits per heavy atom. The van der Waals surface area contributed by atoms with E-state index in [2.05, 4.69) is 26.2 Å². The molecule has 0 bridgehead atoms. The van der Waals surface area contributed by atoms with E-state index in [1.807, 2.05) is 0 Å². The molecule has 0 heterocycles. The molecule has 3 atom stereocenters. The molecule has 0 amide bonds. The minimum atomic E-state index is 0.530. The van der Waals surface area contributed by atoms with Crippen LogP contribution in [0, 0.1) is 17.8 Å². The Kier molecular flexibility index (Phi) is 4.20. The molecule has 0 aliphatic heterocycles. The Hall–Kier alpha value is -0.0800. The van der Waals surface area contributed by atoms with Crippen LogP contribution in [0.25, 0.3) is 0 Å². The molecule has 0 aromatic heterocycles. The Balaban J connectivity index is 2.31. The highest BCUT2D eigenvalue weighted by molar-refractivity contribution is 4.86. The summed E-state index contributed by atoms with van der Waals surface area (Å²) in [6, 6.07) is 0.530. The molecular formula is C11H24N2. The molecule has 0 saturated heterocycles. The van der Waals surface area contributed by atoms with Crippen LogP contribution in [0.4, 0.5) is 0 Å². The van der Waals surface area contributed by atoms with E-state index in [1.165, 1.54) is 25.7 Å². The van der Waals surface area contributed by atoms with Crippen LogP contribution in [0.15, 0.2) is 0 Å². The highest BCUT2D eigenvalue weighted by atomic mass is 15.2. The van der Waals surface area contributed by atoms with Gasteiger partial charge in [0.1, 0.15) is 0 Å². The summed E-state index contributed by atoms with van der Waals surface area (Å²) in [5, 5.41) is 0. The second-order valence-electron chi connectivity index (χ2n) is 4.72. The van der Waals surface area contributed by atoms with Crippen LogP contribution in [-0.4, -0.2) is 6.04 Å². The summed E-state index contributed by atoms with van der Waals surface area (Å²) in [5.74, 6) is 8.10. The molecule has 1 saturated carbocycles. The molecule has 2 nitrogen and oxygen atoms in total. The maximum absolute atomic E-state index is 5.59. The van der Waals surface area contributed by atoms with E-state index in [4.69, 9.17) is 5.84 Å². The van der Waals surface area contributed by atoms with Gasteiger partial charge in [0, 0.05) is 6.04 Å². The topological polar surface area (TPSA) is 38.0 Å². The molecule has 0 aromatic carbocycles. The minimum Gasteiger partial charge on any atom is -0.271 e. The smallest absolute Gasteiger partial charge is 0.0241 e. The van der Waals surface area contributed by atoms with Crippen molar-refractivity contribution < 1.29 is 0 Å². The molecule has 1 aliphatic carbocycles. The Labute approximate surface area is 82.2 Å². The number of nitrogens with one attached hydrogen (secondary N) is 1. The summed E-state index contributed by atoms with van der Waals surface area (Å²) in [6.45, 7) is 6.90. The minimum absolute atomic E-state index is 0.530. The van der Waals surface area contributed by atoms with E-state index < -0.39 is 0 Å². The van der Waals surface area contributed by atoms with Crippen LogP contribution in [0.1, 0.15) is 46.5 Å². The Morgan fingerprint density at radius 3 is 2.38 bits per heavy atom. The predicted octanol–water partition coefficient (Wildman–Crippen LogP) is 2.30. The number of hydrogen-bond acceptors (Lipinski definition) is 2. The molecule has 0 aromatic rings. The summed E-state index contributed by atoms with van der Waals surface area (Å²) >= 11 is 0. The second-order valence-corrected chi connectivity index (χ2v) is 4.72. The van der Waals surface area contributed by atoms with Gasteiger partial charge >= 0.3 is 0 Å². The highest BCUT2D eigenvalue weighted by Gasteiger charge is 2.33. The zero-order valence-corrected chi connectivity index (χ0v) is 9.22. The van der Waals surface area contributed by atoms with Crippen LogP contribution in [-0.2, 0) is 0 Å². The standard InChI is InChI=1S/C11H24N2/c1-4-8(2)7-11(13-12)9(3)10-5-6-10/h8-11,13H,4-7,12H2,1-3H3. The highest BCUT2D eigenvalue weighted by Crippen LogP contribution is 2.39. The van der Waals surface area contributed by atoms with Gasteiger partial charge in [-0.15, -0.1) is 0 Å². The molecule has 13 heavy (non-hydrogen) atoms. The molecule has 78 valence electrons. The first-order chi connectivity index (χ1) is 6.19. The van der Waals surface area contributed by atoms with Gasteiger partial charge in [0.25, 0.3) is 0 Å². The third-order valence-electron chi connectivity index (χ3n) is 3.57. The van der Waals surface area contributed by atoms with Crippen molar-refractivity contribution in [3.8, 4) is 0 Å². The van der Waals surface area contributed by atoms with Gasteiger partial charge in [-0.25, -0.2) is 0 Å². The zero-order valence-electron chi connectivity index (χ0n) is 9.22. The average molecular weight is 184 g/mol. The third kappa shape index (κ3) is 3.28. The Bertz CT molecular complexity index is 143. The van der Waals surface area contributed by atoms with Gasteiger partial charge in [-0.05, 0) is 37.0 Å². The van der Waals surface area contributed by atoms with Crippen molar-refractivity contribution in [1.82, 2.24) is 5.43 Å². The van der Waals surface area contributed by atoms with Crippen LogP contribution in [0.2, 0.25) is 0 Å². The number of nitrogens with two attached hydrogens (primary N) is 1. The SMILES string of the molecule is CCC(C)CC(NN)C(C)C1CC1. The summed E-state index contributed by atoms with van der Waals surface area (Å²) in [5.41, 5.74) is 2.99. The van der Waals surface area contributed by atoms with Gasteiger partial charge in [-0.3, -0.25) is 11.3 Å². The van der Waals surface area contributed by atoms with Gasteiger partial charge in [0.05, 0.1) is 0 Å². The maximum atomic E-state index is 5.59. The van der Waals surface area contributed by atoms with Gasteiger partial charge in [-0.2, -0.15) is 0 Å². The molecule has 3 N–H and O–H groups in total. The first-order valence-corrected chi connectivity index (χ1v) is 5.65. The van der Waals surface area contributed by atoms with Crippen molar-refractivity contribution in [2.75, 3.05) is 0 Å². The van der Waals surface area contributed by atoms with E-state index in [0.717, 1.165) is 17.8 Å². The molecule has 0 spiro atoms. The van der Waals surface area contributed by atoms with Gasteiger partial charge in [0.2, 0.25) is 0 Å². The van der Waals surface area contributed by atoms with Crippen molar-refractivity contribution in [2.24, 2.45) is 23.6 Å². The van der Waals surface area contributed by atoms with Crippen molar-refractivity contribution in [2.45, 2.75) is 52.5 Å². The second kappa shape index (κ2) is 4.97. The number of hydrazine groups is 1. The monoisotopic (exact) mass is 184 g/mol. The first-order valence-electron chi connectivity index (χ1n) is 5.65. The normalized spacial score (nSPS) is 24.0. The van der Waals surface area contributed by atoms with Crippen LogP contribution in [0.3, 0.4) is 0 Å². The van der Waals surface area contributed by atoms with E-state index in [9.17, 15) is 0 Å². The molecule has 3 unspecified atom stereocenters. The Morgan fingerprint density at radius 1 is 1.38 bits per heavy atom. The summed E-state index contributed by atoms with van der Waals surface area (Å²) in [7, 11) is 0. The van der Waals surface area contributed by atoms with Crippen molar-refractivity contribution in [1.29, 1.82) is 0 Å². The van der Waals surface area contributed by atoms with E-state index in [0.29, 0.717) is 6.04 Å². The van der Waals surface area contributed by atoms with Crippen LogP contribution < -0.4 is 11.3 Å². The van der Waals surface area contributed by atoms with Crippen molar-refractivity contribution in [3.63, 3.8) is 0 Å². The fourth-order valence-corrected chi connectivity index (χ4v) is 1.99. The largest absolute Gasteiger partial charge is 0.271 e. The molecule has 1 rings (SSSR count). The van der Waals surface area contributed by atoms with E-state index in [1.54, 1.807) is 0 Å². The summed E-state index contributed by atoms with van der Waals surface area (Å²) in [6.07, 6.45) is 5.32. The van der Waals surface area contributed by atoms with Crippen molar-refractivity contribution >= 4 is 0 Å². The first kappa shape index (κ1) is 11.0. The lowest BCUT2D eigenvalue weighted by atomic mass is 9.89. The van der Waals surface area contributed by atoms with Crippen LogP contribution in [0.5, 0.6) is 0 Å². The lowest BCUT2D eigenvalue weighted by molar-refractivity contribution is 0.289. The molecule has 0 radical (unpaired) electrons. The quantitative estimate of drug-likeness (QED) is 0.491. The fourth-order valence-electron chi connectivity index (χ4n) is 1.99. The molecule has 1 fully saturated rings. The molecular weight excluding hydrogens is 160 g/mol. The van der Waals surface area contributed by atoms with Crippen molar-refractivity contribution in [3.05, 3.63) is 0 Å². The van der Waals surface area contributed by atoms with Gasteiger partial charge in [0.15, 0.2) is 0 Å². The summed E-state index contributed by atoms with van der Waals surface area (Å²) in [4.78, 5) is 0. The van der Waals surface area contributed by atoms with Gasteiger partial charge in [-0.1, -0.05) is 27.2 Å². The summed E-state index contributed by atoms with van der Waals surface area (Å²) < 4.78 is 0. The fraction of sp³-hybridized carbons (Fsp3) is 1.00. The zero-order chi connectivity index (χ0) is 9.84. The lowest BCUT2D eigenvalue weighted by Gasteiger charge is -2.25. The van der Waals surface area contributed by atoms with Gasteiger partial charge < -0.3 is 0 Å². The van der Waals surface area contributed by atoms with E-state index >= 15 is 0 Å². The predicted molar refractivity (Wildman–Crippen MR) is 57.1 cm³/mol. The maximum Gasteiger partial charge on any atom is 0.0241 e. The number of hydrogen-bond donors (Lipinski definition) is 2. The van der Waals surface area contributed by atoms with E-state index in [-0.39, 0.29) is 0 Å². The number of rotatable bonds is 6. The molecule has 1 aliphatic rings. The average Bonchev–Trinajstić information content (AvgIpc) is 2.95. The molecule has 2 heteroatoms.